The summed E-state index contributed by atoms with van der Waals surface area (Å²) in [5.74, 6) is -0.340. The Morgan fingerprint density at radius 2 is 2.03 bits per heavy atom. The Bertz CT molecular complexity index is 1290. The second-order valence-corrected chi connectivity index (χ2v) is 8.98. The number of carbonyl (C=O) groups excluding carboxylic acids is 1. The largest absolute Gasteiger partial charge is 0.355 e. The summed E-state index contributed by atoms with van der Waals surface area (Å²) in [5.41, 5.74) is 2.23. The third-order valence-electron chi connectivity index (χ3n) is 4.54. The van der Waals surface area contributed by atoms with Gasteiger partial charge in [0.15, 0.2) is 5.16 Å². The third-order valence-corrected chi connectivity index (χ3v) is 6.52. The molecule has 0 saturated carbocycles. The number of nitrogens with one attached hydrogen (secondary N) is 2. The van der Waals surface area contributed by atoms with Gasteiger partial charge in [0.25, 0.3) is 5.56 Å². The van der Waals surface area contributed by atoms with E-state index < -0.39 is 0 Å². The number of aromatic nitrogens is 2. The number of rotatable bonds is 7. The summed E-state index contributed by atoms with van der Waals surface area (Å²) in [6.45, 7) is 0.495. The molecule has 0 fully saturated rings. The van der Waals surface area contributed by atoms with E-state index in [9.17, 15) is 14.0 Å². The average molecular weight is 474 g/mol. The van der Waals surface area contributed by atoms with Crippen LogP contribution in [0.4, 0.5) is 4.39 Å². The van der Waals surface area contributed by atoms with Gasteiger partial charge in [-0.2, -0.15) is 0 Å². The van der Waals surface area contributed by atoms with Gasteiger partial charge in [0.2, 0.25) is 5.91 Å². The SMILES string of the molecule is O=C(CSc1nc2scc(-c3ccc(F)cc3)c2c(=O)[nH]1)NCCc1cccc(Cl)c1. The lowest BCUT2D eigenvalue weighted by Gasteiger charge is -2.06. The fraction of sp³-hybridized carbons (Fsp3) is 0.136. The first-order valence-corrected chi connectivity index (χ1v) is 11.7. The van der Waals surface area contributed by atoms with Crippen molar-refractivity contribution in [2.45, 2.75) is 11.6 Å². The minimum Gasteiger partial charge on any atom is -0.355 e. The predicted octanol–water partition coefficient (Wildman–Crippen LogP) is 4.90. The molecule has 158 valence electrons. The summed E-state index contributed by atoms with van der Waals surface area (Å²) in [6, 6.07) is 13.5. The molecule has 0 aliphatic rings. The van der Waals surface area contributed by atoms with E-state index in [2.05, 4.69) is 15.3 Å². The van der Waals surface area contributed by atoms with Crippen LogP contribution in [0, 0.1) is 5.82 Å². The molecule has 2 aromatic heterocycles. The Hall–Kier alpha value is -2.68. The monoisotopic (exact) mass is 473 g/mol. The van der Waals surface area contributed by atoms with E-state index in [0.29, 0.717) is 38.9 Å². The molecule has 0 radical (unpaired) electrons. The van der Waals surface area contributed by atoms with Gasteiger partial charge in [-0.25, -0.2) is 9.37 Å². The number of thiophene rings is 1. The molecule has 0 aliphatic carbocycles. The molecule has 0 saturated heterocycles. The Morgan fingerprint density at radius 3 is 2.81 bits per heavy atom. The maximum atomic E-state index is 13.2. The number of halogens is 2. The molecule has 4 aromatic rings. The molecule has 2 heterocycles. The topological polar surface area (TPSA) is 74.8 Å². The number of H-pyrrole nitrogens is 1. The molecule has 0 aliphatic heterocycles. The van der Waals surface area contributed by atoms with Gasteiger partial charge in [0.05, 0.1) is 11.1 Å². The number of hydrogen-bond acceptors (Lipinski definition) is 5. The number of amides is 1. The van der Waals surface area contributed by atoms with Crippen molar-refractivity contribution in [2.75, 3.05) is 12.3 Å². The number of thioether (sulfide) groups is 1. The fourth-order valence-electron chi connectivity index (χ4n) is 3.06. The molecule has 0 spiro atoms. The lowest BCUT2D eigenvalue weighted by atomic mass is 10.1. The predicted molar refractivity (Wildman–Crippen MR) is 125 cm³/mol. The zero-order chi connectivity index (χ0) is 21.8. The van der Waals surface area contributed by atoms with E-state index in [4.69, 9.17) is 11.6 Å². The van der Waals surface area contributed by atoms with Crippen molar-refractivity contribution < 1.29 is 9.18 Å². The molecule has 31 heavy (non-hydrogen) atoms. The van der Waals surface area contributed by atoms with Gasteiger partial charge < -0.3 is 10.3 Å². The van der Waals surface area contributed by atoms with Crippen LogP contribution in [-0.4, -0.2) is 28.2 Å². The van der Waals surface area contributed by atoms with Crippen LogP contribution in [0.5, 0.6) is 0 Å². The lowest BCUT2D eigenvalue weighted by molar-refractivity contribution is -0.118. The van der Waals surface area contributed by atoms with Gasteiger partial charge in [0.1, 0.15) is 10.6 Å². The minimum atomic E-state index is -0.333. The van der Waals surface area contributed by atoms with Gasteiger partial charge in [-0.3, -0.25) is 9.59 Å². The van der Waals surface area contributed by atoms with Crippen molar-refractivity contribution in [3.8, 4) is 11.1 Å². The van der Waals surface area contributed by atoms with Gasteiger partial charge >= 0.3 is 0 Å². The Kier molecular flexibility index (Phi) is 6.70. The summed E-state index contributed by atoms with van der Waals surface area (Å²) in [7, 11) is 0. The normalized spacial score (nSPS) is 11.0. The number of aromatic amines is 1. The highest BCUT2D eigenvalue weighted by Crippen LogP contribution is 2.31. The maximum absolute atomic E-state index is 13.2. The second kappa shape index (κ2) is 9.64. The maximum Gasteiger partial charge on any atom is 0.260 e. The van der Waals surface area contributed by atoms with Crippen molar-refractivity contribution in [3.63, 3.8) is 0 Å². The molecule has 4 rings (SSSR count). The van der Waals surface area contributed by atoms with Crippen molar-refractivity contribution in [2.24, 2.45) is 0 Å². The van der Waals surface area contributed by atoms with Gasteiger partial charge in [-0.15, -0.1) is 11.3 Å². The molecule has 2 aromatic carbocycles. The van der Waals surface area contributed by atoms with Gasteiger partial charge in [0, 0.05) is 22.5 Å². The van der Waals surface area contributed by atoms with Crippen molar-refractivity contribution in [1.29, 1.82) is 0 Å². The van der Waals surface area contributed by atoms with E-state index in [0.717, 1.165) is 11.1 Å². The number of fused-ring (bicyclic) bond motifs is 1. The minimum absolute atomic E-state index is 0.139. The lowest BCUT2D eigenvalue weighted by Crippen LogP contribution is -2.27. The smallest absolute Gasteiger partial charge is 0.260 e. The van der Waals surface area contributed by atoms with Crippen LogP contribution in [0.15, 0.2) is 63.9 Å². The van der Waals surface area contributed by atoms with Crippen molar-refractivity contribution in [1.82, 2.24) is 15.3 Å². The molecule has 0 unspecified atom stereocenters. The van der Waals surface area contributed by atoms with Crippen LogP contribution in [0.2, 0.25) is 5.02 Å². The van der Waals surface area contributed by atoms with E-state index in [1.807, 2.05) is 23.6 Å². The zero-order valence-corrected chi connectivity index (χ0v) is 18.5. The molecule has 1 amide bonds. The molecule has 0 atom stereocenters. The van der Waals surface area contributed by atoms with Crippen molar-refractivity contribution >= 4 is 50.8 Å². The van der Waals surface area contributed by atoms with E-state index in [1.165, 1.54) is 35.2 Å². The van der Waals surface area contributed by atoms with E-state index in [1.54, 1.807) is 18.2 Å². The Balaban J connectivity index is 1.38. The second-order valence-electron chi connectivity index (χ2n) is 6.73. The first kappa shape index (κ1) is 21.5. The number of carbonyl (C=O) groups is 1. The van der Waals surface area contributed by atoms with E-state index in [-0.39, 0.29) is 23.0 Å². The molecule has 0 bridgehead atoms. The van der Waals surface area contributed by atoms with Crippen LogP contribution in [0.3, 0.4) is 0 Å². The third kappa shape index (κ3) is 5.33. The van der Waals surface area contributed by atoms with Crippen molar-refractivity contribution in [3.05, 3.63) is 80.7 Å². The first-order valence-electron chi connectivity index (χ1n) is 9.41. The van der Waals surface area contributed by atoms with E-state index >= 15 is 0 Å². The highest BCUT2D eigenvalue weighted by atomic mass is 35.5. The fourth-order valence-corrected chi connectivity index (χ4v) is 4.97. The molecular weight excluding hydrogens is 457 g/mol. The average Bonchev–Trinajstić information content (AvgIpc) is 3.17. The quantitative estimate of drug-likeness (QED) is 0.296. The van der Waals surface area contributed by atoms with Gasteiger partial charge in [-0.1, -0.05) is 47.6 Å². The Morgan fingerprint density at radius 1 is 1.23 bits per heavy atom. The zero-order valence-electron chi connectivity index (χ0n) is 16.2. The number of nitrogens with zero attached hydrogens (tertiary/aromatic N) is 1. The highest BCUT2D eigenvalue weighted by molar-refractivity contribution is 7.99. The van der Waals surface area contributed by atoms with Crippen LogP contribution in [-0.2, 0) is 11.2 Å². The standard InChI is InChI=1S/C22H17ClFN3O2S2/c23-15-3-1-2-13(10-15)8-9-25-18(28)12-31-22-26-20(29)19-17(11-30-21(19)27-22)14-4-6-16(24)7-5-14/h1-7,10-11H,8-9,12H2,(H,25,28)(H,26,27,29). The first-order chi connectivity index (χ1) is 15.0. The summed E-state index contributed by atoms with van der Waals surface area (Å²) < 4.78 is 13.2. The van der Waals surface area contributed by atoms with Crippen LogP contribution in [0.25, 0.3) is 21.3 Å². The molecule has 2 N–H and O–H groups in total. The van der Waals surface area contributed by atoms with Crippen LogP contribution < -0.4 is 10.9 Å². The van der Waals surface area contributed by atoms with Crippen LogP contribution in [0.1, 0.15) is 5.56 Å². The molecule has 5 nitrogen and oxygen atoms in total. The summed E-state index contributed by atoms with van der Waals surface area (Å²) in [6.07, 6.45) is 0.680. The molecular formula is C22H17ClFN3O2S2. The summed E-state index contributed by atoms with van der Waals surface area (Å²) in [5, 5.41) is 6.20. The van der Waals surface area contributed by atoms with Gasteiger partial charge in [-0.05, 0) is 41.8 Å². The number of hydrogen-bond donors (Lipinski definition) is 2. The highest BCUT2D eigenvalue weighted by Gasteiger charge is 2.14. The number of benzene rings is 2. The summed E-state index contributed by atoms with van der Waals surface area (Å²) >= 11 is 8.47. The summed E-state index contributed by atoms with van der Waals surface area (Å²) in [4.78, 5) is 32.5. The van der Waals surface area contributed by atoms with Crippen LogP contribution >= 0.6 is 34.7 Å². The molecule has 9 heteroatoms. The Labute approximate surface area is 190 Å².